The van der Waals surface area contributed by atoms with Crippen LogP contribution in [0.2, 0.25) is 0 Å². The summed E-state index contributed by atoms with van der Waals surface area (Å²) >= 11 is 0. The molecule has 10 nitrogen and oxygen atoms in total. The van der Waals surface area contributed by atoms with Gasteiger partial charge in [-0.2, -0.15) is 0 Å². The lowest BCUT2D eigenvalue weighted by Crippen LogP contribution is -2.43. The summed E-state index contributed by atoms with van der Waals surface area (Å²) in [6.45, 7) is 3.51. The summed E-state index contributed by atoms with van der Waals surface area (Å²) in [6.07, 6.45) is 1.45. The van der Waals surface area contributed by atoms with Crippen LogP contribution in [-0.2, 0) is 13.1 Å². The van der Waals surface area contributed by atoms with Gasteiger partial charge in [-0.25, -0.2) is 27.2 Å². The first-order chi connectivity index (χ1) is 21.0. The Labute approximate surface area is 249 Å². The van der Waals surface area contributed by atoms with Gasteiger partial charge in [0.05, 0.1) is 24.3 Å². The van der Waals surface area contributed by atoms with Gasteiger partial charge in [0.15, 0.2) is 11.6 Å². The molecule has 3 aromatic carbocycles. The Balaban J connectivity index is 0.00000216. The number of methoxy groups -OCH3 is 1. The molecule has 0 radical (unpaired) electrons. The molecule has 5 aromatic rings. The summed E-state index contributed by atoms with van der Waals surface area (Å²) in [5.74, 6) is -3.04. The number of benzene rings is 3. The lowest BCUT2D eigenvalue weighted by atomic mass is 10.0. The summed E-state index contributed by atoms with van der Waals surface area (Å²) in [7, 11) is 4.72. The third-order valence-electron chi connectivity index (χ3n) is 6.81. The summed E-state index contributed by atoms with van der Waals surface area (Å²) in [5, 5.41) is 11.2. The van der Waals surface area contributed by atoms with Crippen LogP contribution in [-0.4, -0.2) is 44.8 Å². The second-order valence-electron chi connectivity index (χ2n) is 9.73. The molecule has 0 aliphatic carbocycles. The van der Waals surface area contributed by atoms with Crippen molar-refractivity contribution in [2.75, 3.05) is 21.2 Å². The Bertz CT molecular complexity index is 1940. The number of hydrogen-bond donors (Lipinski definition) is 0. The van der Waals surface area contributed by atoms with Crippen molar-refractivity contribution in [2.24, 2.45) is 0 Å². The maximum absolute atomic E-state index is 15.5. The second-order valence-corrected chi connectivity index (χ2v) is 9.73. The van der Waals surface area contributed by atoms with E-state index in [0.29, 0.717) is 21.3 Å². The third kappa shape index (κ3) is 5.73. The van der Waals surface area contributed by atoms with E-state index in [4.69, 9.17) is 4.74 Å². The molecule has 0 aliphatic rings. The smallest absolute Gasteiger partial charge is 0.351 e. The van der Waals surface area contributed by atoms with Gasteiger partial charge < -0.3 is 9.64 Å². The van der Waals surface area contributed by atoms with E-state index in [0.717, 1.165) is 16.8 Å². The molecule has 230 valence electrons. The summed E-state index contributed by atoms with van der Waals surface area (Å²) in [6, 6.07) is 12.8. The molecule has 0 N–H and O–H groups in total. The van der Waals surface area contributed by atoms with Crippen molar-refractivity contribution in [3.63, 3.8) is 0 Å². The first kappa shape index (κ1) is 31.8. The van der Waals surface area contributed by atoms with E-state index in [1.54, 1.807) is 19.0 Å². The van der Waals surface area contributed by atoms with Crippen LogP contribution in [0.25, 0.3) is 22.3 Å². The fraction of sp³-hybridized carbons (Fsp3) is 0.226. The van der Waals surface area contributed by atoms with Crippen molar-refractivity contribution in [3.8, 4) is 22.6 Å². The molecule has 0 fully saturated rings. The van der Waals surface area contributed by atoms with Crippen molar-refractivity contribution in [2.45, 2.75) is 26.9 Å². The first-order valence-corrected chi connectivity index (χ1v) is 13.6. The molecule has 0 aliphatic heterocycles. The monoisotopic (exact) mass is 609 g/mol. The number of halogens is 3. The SMILES string of the molecule is CC.COc1cccc(-n2c(=O)c3c(CN(C)C)c(-c4ccc([N+](=O)[O-])cc4)cn3n(Cc3c(F)cccc3F)c2=O)c1F. The lowest BCUT2D eigenvalue weighted by molar-refractivity contribution is -0.384. The van der Waals surface area contributed by atoms with Crippen LogP contribution >= 0.6 is 0 Å². The number of hydrogen-bond acceptors (Lipinski definition) is 6. The number of nitro groups is 1. The zero-order valence-corrected chi connectivity index (χ0v) is 24.7. The van der Waals surface area contributed by atoms with Crippen LogP contribution < -0.4 is 16.0 Å². The van der Waals surface area contributed by atoms with Crippen molar-refractivity contribution in [3.05, 3.63) is 126 Å². The lowest BCUT2D eigenvalue weighted by Gasteiger charge is -2.17. The van der Waals surface area contributed by atoms with Gasteiger partial charge in [-0.05, 0) is 56.1 Å². The van der Waals surface area contributed by atoms with Crippen LogP contribution in [0.3, 0.4) is 0 Å². The number of non-ortho nitro benzene ring substituents is 1. The number of rotatable bonds is 8. The molecule has 44 heavy (non-hydrogen) atoms. The van der Waals surface area contributed by atoms with Crippen LogP contribution in [0.1, 0.15) is 25.0 Å². The normalized spacial score (nSPS) is 11.0. The predicted molar refractivity (Wildman–Crippen MR) is 160 cm³/mol. The maximum atomic E-state index is 15.5. The van der Waals surface area contributed by atoms with Crippen LogP contribution in [0.4, 0.5) is 18.9 Å². The molecule has 13 heteroatoms. The average Bonchev–Trinajstić information content (AvgIpc) is 3.37. The van der Waals surface area contributed by atoms with Gasteiger partial charge in [-0.15, -0.1) is 0 Å². The molecule has 0 bridgehead atoms. The van der Waals surface area contributed by atoms with Crippen molar-refractivity contribution < 1.29 is 22.8 Å². The third-order valence-corrected chi connectivity index (χ3v) is 6.81. The zero-order valence-electron chi connectivity index (χ0n) is 24.7. The zero-order chi connectivity index (χ0) is 32.3. The number of fused-ring (bicyclic) bond motifs is 1. The highest BCUT2D eigenvalue weighted by Crippen LogP contribution is 2.30. The molecule has 0 saturated carbocycles. The highest BCUT2D eigenvalue weighted by molar-refractivity contribution is 5.76. The van der Waals surface area contributed by atoms with Gasteiger partial charge in [0.2, 0.25) is 0 Å². The Morgan fingerprint density at radius 3 is 2.09 bits per heavy atom. The van der Waals surface area contributed by atoms with Crippen LogP contribution in [0.15, 0.2) is 76.4 Å². The minimum atomic E-state index is -1.07. The minimum Gasteiger partial charge on any atom is -0.494 e. The van der Waals surface area contributed by atoms with Gasteiger partial charge in [0.25, 0.3) is 11.2 Å². The number of aromatic nitrogens is 3. The van der Waals surface area contributed by atoms with Gasteiger partial charge in [-0.1, -0.05) is 26.0 Å². The van der Waals surface area contributed by atoms with Gasteiger partial charge in [0.1, 0.15) is 17.2 Å². The minimum absolute atomic E-state index is 0.0596. The Hall–Kier alpha value is -5.17. The average molecular weight is 610 g/mol. The van der Waals surface area contributed by atoms with E-state index in [1.165, 1.54) is 66.4 Å². The van der Waals surface area contributed by atoms with Gasteiger partial charge >= 0.3 is 5.69 Å². The largest absolute Gasteiger partial charge is 0.494 e. The van der Waals surface area contributed by atoms with E-state index >= 15 is 4.39 Å². The quantitative estimate of drug-likeness (QED) is 0.173. The molecule has 0 amide bonds. The Kier molecular flexibility index (Phi) is 9.38. The Morgan fingerprint density at radius 1 is 0.909 bits per heavy atom. The maximum Gasteiger partial charge on any atom is 0.351 e. The van der Waals surface area contributed by atoms with E-state index in [2.05, 4.69) is 0 Å². The summed E-state index contributed by atoms with van der Waals surface area (Å²) in [5.41, 5.74) is -1.71. The molecular weight excluding hydrogens is 579 g/mol. The van der Waals surface area contributed by atoms with Crippen molar-refractivity contribution in [1.82, 2.24) is 18.7 Å². The van der Waals surface area contributed by atoms with Crippen LogP contribution in [0, 0.1) is 27.6 Å². The van der Waals surface area contributed by atoms with E-state index in [1.807, 2.05) is 13.8 Å². The van der Waals surface area contributed by atoms with Crippen molar-refractivity contribution >= 4 is 11.2 Å². The van der Waals surface area contributed by atoms with Crippen LogP contribution in [0.5, 0.6) is 5.75 Å². The van der Waals surface area contributed by atoms with E-state index < -0.39 is 51.4 Å². The second kappa shape index (κ2) is 13.0. The number of nitro benzene ring substituents is 1. The summed E-state index contributed by atoms with van der Waals surface area (Å²) < 4.78 is 52.8. The molecule has 5 rings (SSSR count). The fourth-order valence-electron chi connectivity index (χ4n) is 4.86. The standard InChI is InChI=1S/C29H24F3N5O5.C2H6/c1-33(2)14-20-19(17-10-12-18(13-11-17)37(40)41)15-34-27(20)28(38)36(24-8-5-9-25(42-3)26(24)32)29(39)35(34)16-21-22(30)6-4-7-23(21)31;1-2/h4-13,15H,14,16H2,1-3H3;1-2H3. The summed E-state index contributed by atoms with van der Waals surface area (Å²) in [4.78, 5) is 40.5. The fourth-order valence-corrected chi connectivity index (χ4v) is 4.86. The number of nitrogens with zero attached hydrogens (tertiary/aromatic N) is 5. The molecule has 0 unspecified atom stereocenters. The molecule has 0 atom stereocenters. The number of ether oxygens (including phenoxy) is 1. The van der Waals surface area contributed by atoms with Crippen molar-refractivity contribution in [1.29, 1.82) is 0 Å². The topological polar surface area (TPSA) is 104 Å². The molecule has 2 heterocycles. The van der Waals surface area contributed by atoms with E-state index in [-0.39, 0.29) is 23.5 Å². The highest BCUT2D eigenvalue weighted by Gasteiger charge is 2.25. The predicted octanol–water partition coefficient (Wildman–Crippen LogP) is 5.39. The van der Waals surface area contributed by atoms with Gasteiger partial charge in [0, 0.05) is 41.6 Å². The molecule has 2 aromatic heterocycles. The molecule has 0 spiro atoms. The highest BCUT2D eigenvalue weighted by atomic mass is 19.1. The molecule has 0 saturated heterocycles. The van der Waals surface area contributed by atoms with E-state index in [9.17, 15) is 28.5 Å². The molecular formula is C31H30F3N5O5. The van der Waals surface area contributed by atoms with Gasteiger partial charge in [-0.3, -0.25) is 19.4 Å². The Morgan fingerprint density at radius 2 is 1.52 bits per heavy atom. The first-order valence-electron chi connectivity index (χ1n) is 13.6.